The molecule has 4 nitrogen and oxygen atoms in total. The standard InChI is InChI=1S/C14H13BrFNO3S/c1-17(9-10-2-5-12(18)6-3-10)21(19,20)14-7-4-11(15)8-13(14)16/h2-8,18H,9H2,1H3. The van der Waals surface area contributed by atoms with Crippen molar-refractivity contribution in [2.45, 2.75) is 11.4 Å². The molecule has 0 aliphatic heterocycles. The maximum Gasteiger partial charge on any atom is 0.246 e. The summed E-state index contributed by atoms with van der Waals surface area (Å²) in [4.78, 5) is -0.369. The Morgan fingerprint density at radius 1 is 1.19 bits per heavy atom. The summed E-state index contributed by atoms with van der Waals surface area (Å²) in [6.45, 7) is 0.0815. The molecule has 0 aliphatic rings. The van der Waals surface area contributed by atoms with E-state index in [2.05, 4.69) is 15.9 Å². The minimum absolute atomic E-state index is 0.0815. The van der Waals surface area contributed by atoms with Crippen molar-refractivity contribution < 1.29 is 17.9 Å². The van der Waals surface area contributed by atoms with Crippen molar-refractivity contribution in [2.75, 3.05) is 7.05 Å². The highest BCUT2D eigenvalue weighted by atomic mass is 79.9. The fourth-order valence-corrected chi connectivity index (χ4v) is 3.33. The number of benzene rings is 2. The lowest BCUT2D eigenvalue weighted by atomic mass is 10.2. The first-order chi connectivity index (χ1) is 9.80. The number of hydrogen-bond donors (Lipinski definition) is 1. The van der Waals surface area contributed by atoms with Crippen LogP contribution < -0.4 is 0 Å². The van der Waals surface area contributed by atoms with Gasteiger partial charge in [-0.3, -0.25) is 0 Å². The van der Waals surface area contributed by atoms with Gasteiger partial charge in [-0.2, -0.15) is 4.31 Å². The van der Waals surface area contributed by atoms with Crippen molar-refractivity contribution in [1.82, 2.24) is 4.31 Å². The van der Waals surface area contributed by atoms with Crippen molar-refractivity contribution in [2.24, 2.45) is 0 Å². The van der Waals surface area contributed by atoms with Crippen LogP contribution >= 0.6 is 15.9 Å². The molecule has 0 aromatic heterocycles. The molecule has 1 N–H and O–H groups in total. The predicted octanol–water partition coefficient (Wildman–Crippen LogP) is 3.11. The maximum atomic E-state index is 13.8. The lowest BCUT2D eigenvalue weighted by Gasteiger charge is -2.17. The molecule has 0 saturated heterocycles. The molecule has 0 saturated carbocycles. The first-order valence-electron chi connectivity index (χ1n) is 6.00. The van der Waals surface area contributed by atoms with Crippen molar-refractivity contribution in [3.63, 3.8) is 0 Å². The Morgan fingerprint density at radius 3 is 2.38 bits per heavy atom. The molecule has 0 radical (unpaired) electrons. The summed E-state index contributed by atoms with van der Waals surface area (Å²) < 4.78 is 40.1. The zero-order chi connectivity index (χ0) is 15.6. The summed E-state index contributed by atoms with van der Waals surface area (Å²) in [7, 11) is -2.54. The maximum absolute atomic E-state index is 13.8. The van der Waals surface area contributed by atoms with Gasteiger partial charge in [0.2, 0.25) is 10.0 Å². The van der Waals surface area contributed by atoms with Gasteiger partial charge < -0.3 is 5.11 Å². The van der Waals surface area contributed by atoms with E-state index < -0.39 is 15.8 Å². The molecule has 7 heteroatoms. The number of halogens is 2. The average Bonchev–Trinajstić information content (AvgIpc) is 2.40. The van der Waals surface area contributed by atoms with Gasteiger partial charge in [-0.15, -0.1) is 0 Å². The third-order valence-corrected chi connectivity index (χ3v) is 5.25. The van der Waals surface area contributed by atoms with Gasteiger partial charge in [0.15, 0.2) is 0 Å². The summed E-state index contributed by atoms with van der Waals surface area (Å²) >= 11 is 3.09. The van der Waals surface area contributed by atoms with Crippen LogP contribution in [0.25, 0.3) is 0 Å². The lowest BCUT2D eigenvalue weighted by molar-refractivity contribution is 0.458. The summed E-state index contributed by atoms with van der Waals surface area (Å²) in [5.74, 6) is -0.704. The third-order valence-electron chi connectivity index (χ3n) is 2.92. The van der Waals surface area contributed by atoms with Crippen LogP contribution in [0.1, 0.15) is 5.56 Å². The molecule has 2 aromatic rings. The first-order valence-corrected chi connectivity index (χ1v) is 8.23. The number of phenols is 1. The van der Waals surface area contributed by atoms with Crippen LogP contribution in [0.2, 0.25) is 0 Å². The molecule has 0 heterocycles. The van der Waals surface area contributed by atoms with Gasteiger partial charge >= 0.3 is 0 Å². The molecule has 2 rings (SSSR count). The molecule has 0 aliphatic carbocycles. The third kappa shape index (κ3) is 3.61. The fraction of sp³-hybridized carbons (Fsp3) is 0.143. The Hall–Kier alpha value is -1.44. The van der Waals surface area contributed by atoms with Crippen LogP contribution in [0.15, 0.2) is 51.8 Å². The minimum Gasteiger partial charge on any atom is -0.508 e. The van der Waals surface area contributed by atoms with E-state index in [1.54, 1.807) is 12.1 Å². The normalized spacial score (nSPS) is 11.8. The van der Waals surface area contributed by atoms with Crippen LogP contribution in [0.3, 0.4) is 0 Å². The first kappa shape index (κ1) is 15.9. The number of rotatable bonds is 4. The molecular formula is C14H13BrFNO3S. The van der Waals surface area contributed by atoms with Gasteiger partial charge in [0.1, 0.15) is 16.5 Å². The highest BCUT2D eigenvalue weighted by Crippen LogP contribution is 2.23. The Morgan fingerprint density at radius 2 is 1.81 bits per heavy atom. The second kappa shape index (κ2) is 6.13. The average molecular weight is 374 g/mol. The van der Waals surface area contributed by atoms with Gasteiger partial charge in [0, 0.05) is 18.1 Å². The number of phenolic OH excluding ortho intramolecular Hbond substituents is 1. The van der Waals surface area contributed by atoms with Crippen LogP contribution in [0.5, 0.6) is 5.75 Å². The Labute approximate surface area is 131 Å². The Kier molecular flexibility index (Phi) is 4.65. The monoisotopic (exact) mass is 373 g/mol. The van der Waals surface area contributed by atoms with Crippen LogP contribution in [-0.4, -0.2) is 24.9 Å². The van der Waals surface area contributed by atoms with Gasteiger partial charge in [-0.05, 0) is 35.9 Å². The molecule has 0 atom stereocenters. The smallest absolute Gasteiger partial charge is 0.246 e. The van der Waals surface area contributed by atoms with Crippen molar-refractivity contribution in [3.8, 4) is 5.75 Å². The van der Waals surface area contributed by atoms with Crippen molar-refractivity contribution in [1.29, 1.82) is 0 Å². The van der Waals surface area contributed by atoms with Crippen molar-refractivity contribution in [3.05, 3.63) is 58.3 Å². The number of hydrogen-bond acceptors (Lipinski definition) is 3. The van der Waals surface area contributed by atoms with E-state index in [9.17, 15) is 17.9 Å². The second-order valence-electron chi connectivity index (χ2n) is 4.50. The van der Waals surface area contributed by atoms with E-state index in [1.807, 2.05) is 0 Å². The van der Waals surface area contributed by atoms with Crippen LogP contribution in [0.4, 0.5) is 4.39 Å². The summed E-state index contributed by atoms with van der Waals surface area (Å²) in [5.41, 5.74) is 0.691. The molecule has 112 valence electrons. The van der Waals surface area contributed by atoms with Gasteiger partial charge in [0.05, 0.1) is 0 Å². The molecule has 21 heavy (non-hydrogen) atoms. The minimum atomic E-state index is -3.92. The molecular weight excluding hydrogens is 361 g/mol. The quantitative estimate of drug-likeness (QED) is 0.895. The van der Waals surface area contributed by atoms with Gasteiger partial charge in [0.25, 0.3) is 0 Å². The van der Waals surface area contributed by atoms with Crippen LogP contribution in [-0.2, 0) is 16.6 Å². The Balaban J connectivity index is 2.28. The van der Waals surface area contributed by atoms with E-state index in [0.29, 0.717) is 10.0 Å². The van der Waals surface area contributed by atoms with Crippen molar-refractivity contribution >= 4 is 26.0 Å². The van der Waals surface area contributed by atoms with E-state index in [0.717, 1.165) is 10.4 Å². The van der Waals surface area contributed by atoms with E-state index in [-0.39, 0.29) is 17.2 Å². The second-order valence-corrected chi connectivity index (χ2v) is 7.43. The predicted molar refractivity (Wildman–Crippen MR) is 80.9 cm³/mol. The number of aromatic hydroxyl groups is 1. The summed E-state index contributed by atoms with van der Waals surface area (Å²) in [6.07, 6.45) is 0. The number of nitrogens with zero attached hydrogens (tertiary/aromatic N) is 1. The lowest BCUT2D eigenvalue weighted by Crippen LogP contribution is -2.27. The molecule has 2 aromatic carbocycles. The number of sulfonamides is 1. The molecule has 0 spiro atoms. The van der Waals surface area contributed by atoms with Gasteiger partial charge in [-0.1, -0.05) is 28.1 Å². The zero-order valence-electron chi connectivity index (χ0n) is 11.1. The Bertz CT molecular complexity index is 747. The van der Waals surface area contributed by atoms with Gasteiger partial charge in [-0.25, -0.2) is 12.8 Å². The highest BCUT2D eigenvalue weighted by Gasteiger charge is 2.24. The van der Waals surface area contributed by atoms with Crippen LogP contribution in [0, 0.1) is 5.82 Å². The molecule has 0 bridgehead atoms. The summed E-state index contributed by atoms with van der Waals surface area (Å²) in [5, 5.41) is 9.21. The SMILES string of the molecule is CN(Cc1ccc(O)cc1)S(=O)(=O)c1ccc(Br)cc1F. The van der Waals surface area contributed by atoms with E-state index in [1.165, 1.54) is 31.3 Å². The fourth-order valence-electron chi connectivity index (χ4n) is 1.80. The largest absolute Gasteiger partial charge is 0.508 e. The topological polar surface area (TPSA) is 57.6 Å². The molecule has 0 fully saturated rings. The molecule has 0 unspecified atom stereocenters. The van der Waals surface area contributed by atoms with E-state index >= 15 is 0 Å². The van der Waals surface area contributed by atoms with E-state index in [4.69, 9.17) is 0 Å². The molecule has 0 amide bonds. The highest BCUT2D eigenvalue weighted by molar-refractivity contribution is 9.10. The zero-order valence-corrected chi connectivity index (χ0v) is 13.5. The summed E-state index contributed by atoms with van der Waals surface area (Å²) in [6, 6.07) is 9.97.